The number of thiophene rings is 1. The third-order valence-electron chi connectivity index (χ3n) is 2.61. The highest BCUT2D eigenvalue weighted by Crippen LogP contribution is 2.25. The molecular weight excluding hydrogens is 282 g/mol. The summed E-state index contributed by atoms with van der Waals surface area (Å²) in [5.74, 6) is 0. The first kappa shape index (κ1) is 11.8. The molecule has 2 N–H and O–H groups in total. The Morgan fingerprint density at radius 3 is 2.50 bits per heavy atom. The SMILES string of the molecule is Cc1ccsc1C(N)Cc1ccc(Br)cc1. The van der Waals surface area contributed by atoms with E-state index in [1.807, 2.05) is 0 Å². The minimum Gasteiger partial charge on any atom is -0.323 e. The molecule has 0 radical (unpaired) electrons. The predicted octanol–water partition coefficient (Wildman–Crippen LogP) is 4.06. The van der Waals surface area contributed by atoms with Crippen LogP contribution in [0.3, 0.4) is 0 Å². The Labute approximate surface area is 108 Å². The van der Waals surface area contributed by atoms with Gasteiger partial charge in [-0.15, -0.1) is 11.3 Å². The molecule has 0 aliphatic rings. The number of nitrogens with two attached hydrogens (primary N) is 1. The van der Waals surface area contributed by atoms with Crippen LogP contribution in [0.5, 0.6) is 0 Å². The largest absolute Gasteiger partial charge is 0.323 e. The molecule has 0 spiro atoms. The molecule has 0 aliphatic carbocycles. The summed E-state index contributed by atoms with van der Waals surface area (Å²) in [5.41, 5.74) is 8.79. The first-order valence-electron chi connectivity index (χ1n) is 5.21. The minimum absolute atomic E-state index is 0.112. The van der Waals surface area contributed by atoms with E-state index in [0.717, 1.165) is 10.9 Å². The molecule has 1 nitrogen and oxygen atoms in total. The molecule has 0 bridgehead atoms. The summed E-state index contributed by atoms with van der Waals surface area (Å²) < 4.78 is 1.11. The molecule has 0 amide bonds. The normalized spacial score (nSPS) is 12.7. The van der Waals surface area contributed by atoms with E-state index in [-0.39, 0.29) is 6.04 Å². The Balaban J connectivity index is 2.10. The van der Waals surface area contributed by atoms with E-state index in [1.54, 1.807) is 11.3 Å². The van der Waals surface area contributed by atoms with Crippen LogP contribution in [0.25, 0.3) is 0 Å². The van der Waals surface area contributed by atoms with Gasteiger partial charge in [0.25, 0.3) is 0 Å². The molecule has 1 aromatic heterocycles. The quantitative estimate of drug-likeness (QED) is 0.908. The second-order valence-corrected chi connectivity index (χ2v) is 5.77. The number of hydrogen-bond donors (Lipinski definition) is 1. The second kappa shape index (κ2) is 5.13. The van der Waals surface area contributed by atoms with Crippen molar-refractivity contribution in [2.45, 2.75) is 19.4 Å². The summed E-state index contributed by atoms with van der Waals surface area (Å²) >= 11 is 5.18. The van der Waals surface area contributed by atoms with E-state index in [0.29, 0.717) is 0 Å². The van der Waals surface area contributed by atoms with E-state index < -0.39 is 0 Å². The lowest BCUT2D eigenvalue weighted by Crippen LogP contribution is -2.12. The molecule has 1 aromatic carbocycles. The third-order valence-corrected chi connectivity index (χ3v) is 4.29. The fraction of sp³-hybridized carbons (Fsp3) is 0.231. The Bertz CT molecular complexity index is 461. The van der Waals surface area contributed by atoms with Crippen molar-refractivity contribution in [2.24, 2.45) is 5.73 Å². The van der Waals surface area contributed by atoms with E-state index in [9.17, 15) is 0 Å². The molecule has 1 heterocycles. The maximum atomic E-state index is 6.21. The molecule has 1 unspecified atom stereocenters. The average molecular weight is 296 g/mol. The lowest BCUT2D eigenvalue weighted by atomic mass is 10.0. The topological polar surface area (TPSA) is 26.0 Å². The molecular formula is C13H14BrNS. The molecule has 3 heteroatoms. The predicted molar refractivity (Wildman–Crippen MR) is 73.8 cm³/mol. The molecule has 0 saturated heterocycles. The summed E-state index contributed by atoms with van der Waals surface area (Å²) in [5, 5.41) is 2.10. The van der Waals surface area contributed by atoms with Gasteiger partial charge in [-0.2, -0.15) is 0 Å². The standard InChI is InChI=1S/C13H14BrNS/c1-9-6-7-16-13(9)12(15)8-10-2-4-11(14)5-3-10/h2-7,12H,8,15H2,1H3. The molecule has 0 fully saturated rings. The zero-order valence-electron chi connectivity index (χ0n) is 9.11. The number of aryl methyl sites for hydroxylation is 1. The molecule has 0 saturated carbocycles. The number of hydrogen-bond acceptors (Lipinski definition) is 2. The zero-order valence-corrected chi connectivity index (χ0v) is 11.5. The van der Waals surface area contributed by atoms with Crippen LogP contribution >= 0.6 is 27.3 Å². The van der Waals surface area contributed by atoms with Crippen molar-refractivity contribution in [3.8, 4) is 0 Å². The lowest BCUT2D eigenvalue weighted by Gasteiger charge is -2.11. The zero-order chi connectivity index (χ0) is 11.5. The molecule has 0 aliphatic heterocycles. The van der Waals surface area contributed by atoms with Crippen molar-refractivity contribution >= 4 is 27.3 Å². The highest BCUT2D eigenvalue weighted by atomic mass is 79.9. The van der Waals surface area contributed by atoms with Gasteiger partial charge in [0.2, 0.25) is 0 Å². The molecule has 2 rings (SSSR count). The number of halogens is 1. The van der Waals surface area contributed by atoms with Crippen LogP contribution in [0, 0.1) is 6.92 Å². The third kappa shape index (κ3) is 2.73. The maximum Gasteiger partial charge on any atom is 0.0433 e. The van der Waals surface area contributed by atoms with Crippen LogP contribution in [0.15, 0.2) is 40.2 Å². The van der Waals surface area contributed by atoms with Crippen molar-refractivity contribution < 1.29 is 0 Å². The van der Waals surface area contributed by atoms with E-state index in [1.165, 1.54) is 16.0 Å². The van der Waals surface area contributed by atoms with Gasteiger partial charge in [0.15, 0.2) is 0 Å². The van der Waals surface area contributed by atoms with E-state index in [4.69, 9.17) is 5.73 Å². The van der Waals surface area contributed by atoms with Gasteiger partial charge in [-0.3, -0.25) is 0 Å². The van der Waals surface area contributed by atoms with Crippen LogP contribution < -0.4 is 5.73 Å². The van der Waals surface area contributed by atoms with Crippen LogP contribution in [0.1, 0.15) is 22.0 Å². The highest BCUT2D eigenvalue weighted by Gasteiger charge is 2.10. The Morgan fingerprint density at radius 1 is 1.25 bits per heavy atom. The van der Waals surface area contributed by atoms with Gasteiger partial charge >= 0.3 is 0 Å². The van der Waals surface area contributed by atoms with Crippen molar-refractivity contribution in [3.63, 3.8) is 0 Å². The van der Waals surface area contributed by atoms with Crippen molar-refractivity contribution in [2.75, 3.05) is 0 Å². The summed E-state index contributed by atoms with van der Waals surface area (Å²) in [7, 11) is 0. The van der Waals surface area contributed by atoms with E-state index >= 15 is 0 Å². The number of rotatable bonds is 3. The van der Waals surface area contributed by atoms with Gasteiger partial charge in [-0.25, -0.2) is 0 Å². The van der Waals surface area contributed by atoms with Gasteiger partial charge in [-0.1, -0.05) is 28.1 Å². The minimum atomic E-state index is 0.112. The molecule has 2 aromatic rings. The first-order valence-corrected chi connectivity index (χ1v) is 6.88. The van der Waals surface area contributed by atoms with Crippen LogP contribution in [-0.4, -0.2) is 0 Å². The highest BCUT2D eigenvalue weighted by molar-refractivity contribution is 9.10. The van der Waals surface area contributed by atoms with Crippen LogP contribution in [0.4, 0.5) is 0 Å². The van der Waals surface area contributed by atoms with Gasteiger partial charge in [0.05, 0.1) is 0 Å². The first-order chi connectivity index (χ1) is 7.66. The molecule has 16 heavy (non-hydrogen) atoms. The smallest absolute Gasteiger partial charge is 0.0433 e. The second-order valence-electron chi connectivity index (χ2n) is 3.90. The Hall–Kier alpha value is -0.640. The van der Waals surface area contributed by atoms with Gasteiger partial charge < -0.3 is 5.73 Å². The summed E-state index contributed by atoms with van der Waals surface area (Å²) in [6.45, 7) is 2.12. The summed E-state index contributed by atoms with van der Waals surface area (Å²) in [6.07, 6.45) is 0.897. The van der Waals surface area contributed by atoms with Gasteiger partial charge in [-0.05, 0) is 48.1 Å². The van der Waals surface area contributed by atoms with Crippen molar-refractivity contribution in [1.29, 1.82) is 0 Å². The summed E-state index contributed by atoms with van der Waals surface area (Å²) in [4.78, 5) is 1.29. The molecule has 1 atom stereocenters. The lowest BCUT2D eigenvalue weighted by molar-refractivity contribution is 0.732. The Kier molecular flexibility index (Phi) is 3.79. The van der Waals surface area contributed by atoms with Crippen molar-refractivity contribution in [1.82, 2.24) is 0 Å². The monoisotopic (exact) mass is 295 g/mol. The Morgan fingerprint density at radius 2 is 1.94 bits per heavy atom. The van der Waals surface area contributed by atoms with Crippen LogP contribution in [0.2, 0.25) is 0 Å². The van der Waals surface area contributed by atoms with Gasteiger partial charge in [0, 0.05) is 15.4 Å². The maximum absolute atomic E-state index is 6.21. The van der Waals surface area contributed by atoms with Crippen LogP contribution in [-0.2, 0) is 6.42 Å². The summed E-state index contributed by atoms with van der Waals surface area (Å²) in [6, 6.07) is 10.6. The number of benzene rings is 1. The fourth-order valence-corrected chi connectivity index (χ4v) is 2.93. The molecule has 84 valence electrons. The average Bonchev–Trinajstić information content (AvgIpc) is 2.68. The van der Waals surface area contributed by atoms with Crippen molar-refractivity contribution in [3.05, 3.63) is 56.2 Å². The fourth-order valence-electron chi connectivity index (χ4n) is 1.73. The van der Waals surface area contributed by atoms with E-state index in [2.05, 4.69) is 58.6 Å². The van der Waals surface area contributed by atoms with Gasteiger partial charge in [0.1, 0.15) is 0 Å².